The number of halogens is 3. The predicted molar refractivity (Wildman–Crippen MR) is 179 cm³/mol. The van der Waals surface area contributed by atoms with Crippen molar-refractivity contribution in [1.82, 2.24) is 10.2 Å². The lowest BCUT2D eigenvalue weighted by atomic mass is 10.1. The Morgan fingerprint density at radius 3 is 2.15 bits per heavy atom. The van der Waals surface area contributed by atoms with Crippen molar-refractivity contribution in [3.05, 3.63) is 75.2 Å². The molecule has 1 atom stereocenters. The van der Waals surface area contributed by atoms with Crippen LogP contribution in [0.25, 0.3) is 0 Å². The van der Waals surface area contributed by atoms with Crippen LogP contribution >= 0.6 is 34.8 Å². The average molecular weight is 713 g/mol. The van der Waals surface area contributed by atoms with Crippen LogP contribution in [0.2, 0.25) is 15.1 Å². The second-order valence-electron chi connectivity index (χ2n) is 10.8. The molecule has 1 saturated carbocycles. The van der Waals surface area contributed by atoms with Gasteiger partial charge in [-0.05, 0) is 67.8 Å². The van der Waals surface area contributed by atoms with Crippen LogP contribution in [0.5, 0.6) is 17.2 Å². The van der Waals surface area contributed by atoms with Crippen LogP contribution in [-0.4, -0.2) is 65.1 Å². The Bertz CT molecular complexity index is 1680. The number of carbonyl (C=O) groups is 2. The largest absolute Gasteiger partial charge is 0.495 e. The van der Waals surface area contributed by atoms with Crippen LogP contribution < -0.4 is 23.8 Å². The summed E-state index contributed by atoms with van der Waals surface area (Å²) in [7, 11) is -0.276. The van der Waals surface area contributed by atoms with Crippen LogP contribution in [0.3, 0.4) is 0 Å². The van der Waals surface area contributed by atoms with E-state index in [1.165, 1.54) is 56.6 Å². The molecule has 0 heterocycles. The average Bonchev–Trinajstić information content (AvgIpc) is 3.56. The lowest BCUT2D eigenvalue weighted by Gasteiger charge is -2.33. The number of rotatable bonds is 13. The van der Waals surface area contributed by atoms with E-state index in [0.717, 1.165) is 30.0 Å². The molecular formula is C32H36Cl3N3O7S. The van der Waals surface area contributed by atoms with Gasteiger partial charge in [-0.3, -0.25) is 13.9 Å². The Kier molecular flexibility index (Phi) is 11.9. The van der Waals surface area contributed by atoms with Crippen molar-refractivity contribution in [1.29, 1.82) is 0 Å². The van der Waals surface area contributed by atoms with E-state index < -0.39 is 28.5 Å². The molecule has 0 aliphatic heterocycles. The fourth-order valence-electron chi connectivity index (χ4n) is 5.28. The number of anilines is 1. The summed E-state index contributed by atoms with van der Waals surface area (Å²) in [6.45, 7) is 0.856. The maximum atomic E-state index is 14.4. The van der Waals surface area contributed by atoms with Gasteiger partial charge in [0.2, 0.25) is 11.8 Å². The molecule has 1 aliphatic carbocycles. The molecule has 1 aliphatic rings. The number of ether oxygens (including phenoxy) is 3. The number of benzene rings is 3. The summed E-state index contributed by atoms with van der Waals surface area (Å²) in [4.78, 5) is 28.9. The predicted octanol–water partition coefficient (Wildman–Crippen LogP) is 6.34. The normalized spacial score (nSPS) is 14.0. The first-order valence-electron chi connectivity index (χ1n) is 14.5. The van der Waals surface area contributed by atoms with Gasteiger partial charge >= 0.3 is 0 Å². The maximum Gasteiger partial charge on any atom is 0.265 e. The van der Waals surface area contributed by atoms with Gasteiger partial charge in [0.25, 0.3) is 10.0 Å². The van der Waals surface area contributed by atoms with Gasteiger partial charge in [0.1, 0.15) is 18.3 Å². The molecule has 0 aromatic heterocycles. The van der Waals surface area contributed by atoms with Gasteiger partial charge in [-0.25, -0.2) is 8.42 Å². The second-order valence-corrected chi connectivity index (χ2v) is 13.9. The Morgan fingerprint density at radius 2 is 1.52 bits per heavy atom. The minimum absolute atomic E-state index is 0.00882. The Hall–Kier alpha value is -3.38. The maximum absolute atomic E-state index is 14.4. The number of amides is 2. The zero-order valence-corrected chi connectivity index (χ0v) is 29.0. The minimum Gasteiger partial charge on any atom is -0.495 e. The molecule has 3 aromatic carbocycles. The molecule has 14 heteroatoms. The first-order chi connectivity index (χ1) is 21.9. The van der Waals surface area contributed by atoms with E-state index in [2.05, 4.69) is 5.32 Å². The van der Waals surface area contributed by atoms with Gasteiger partial charge in [0, 0.05) is 23.7 Å². The Morgan fingerprint density at radius 1 is 0.870 bits per heavy atom. The highest BCUT2D eigenvalue weighted by Crippen LogP contribution is 2.37. The third-order valence-corrected chi connectivity index (χ3v) is 10.6. The summed E-state index contributed by atoms with van der Waals surface area (Å²) in [5.74, 6) is -0.365. The van der Waals surface area contributed by atoms with Gasteiger partial charge in [0.05, 0.1) is 42.0 Å². The van der Waals surface area contributed by atoms with Crippen molar-refractivity contribution in [2.75, 3.05) is 32.2 Å². The first kappa shape index (κ1) is 35.5. The van der Waals surface area contributed by atoms with Crippen LogP contribution in [0.1, 0.15) is 38.2 Å². The summed E-state index contributed by atoms with van der Waals surface area (Å²) >= 11 is 18.7. The number of carbonyl (C=O) groups excluding carboxylic acids is 2. The Labute approximate surface area is 284 Å². The van der Waals surface area contributed by atoms with Crippen molar-refractivity contribution in [2.24, 2.45) is 0 Å². The standard InChI is InChI=1S/C32H36Cl3N3O7S/c1-20(32(40)36-23-7-5-6-8-23)37(18-21-9-12-25(34)26(35)15-21)31(39)19-38(27-16-22(33)10-13-28(27)43-2)46(41,42)24-11-14-29(44-3)30(17-24)45-4/h9-17,20,23H,5-8,18-19H2,1-4H3,(H,36,40)/t20-/m0/s1. The molecule has 10 nitrogen and oxygen atoms in total. The topological polar surface area (TPSA) is 114 Å². The third-order valence-electron chi connectivity index (χ3n) is 7.84. The summed E-state index contributed by atoms with van der Waals surface area (Å²) in [6.07, 6.45) is 3.72. The van der Waals surface area contributed by atoms with E-state index in [1.807, 2.05) is 0 Å². The van der Waals surface area contributed by atoms with Crippen molar-refractivity contribution in [3.8, 4) is 17.2 Å². The van der Waals surface area contributed by atoms with Crippen molar-refractivity contribution in [3.63, 3.8) is 0 Å². The molecule has 0 spiro atoms. The summed E-state index contributed by atoms with van der Waals surface area (Å²) in [5, 5.41) is 3.85. The molecule has 0 saturated heterocycles. The van der Waals surface area contributed by atoms with Gasteiger partial charge in [-0.15, -0.1) is 0 Å². The summed E-state index contributed by atoms with van der Waals surface area (Å²) in [5.41, 5.74) is 0.619. The molecule has 2 amide bonds. The first-order valence-corrected chi connectivity index (χ1v) is 17.1. The molecule has 1 fully saturated rings. The van der Waals surface area contributed by atoms with Gasteiger partial charge in [-0.1, -0.05) is 53.7 Å². The highest BCUT2D eigenvalue weighted by atomic mass is 35.5. The minimum atomic E-state index is -4.47. The van der Waals surface area contributed by atoms with E-state index in [-0.39, 0.29) is 50.6 Å². The van der Waals surface area contributed by atoms with Gasteiger partial charge in [0.15, 0.2) is 11.5 Å². The van der Waals surface area contributed by atoms with Crippen molar-refractivity contribution >= 4 is 62.3 Å². The zero-order valence-electron chi connectivity index (χ0n) is 25.9. The number of sulfonamides is 1. The summed E-state index contributed by atoms with van der Waals surface area (Å²) < 4.78 is 45.7. The molecule has 248 valence electrons. The molecule has 0 radical (unpaired) electrons. The number of hydrogen-bond donors (Lipinski definition) is 1. The number of nitrogens with zero attached hydrogens (tertiary/aromatic N) is 2. The lowest BCUT2D eigenvalue weighted by molar-refractivity contribution is -0.139. The highest BCUT2D eigenvalue weighted by molar-refractivity contribution is 7.92. The summed E-state index contributed by atoms with van der Waals surface area (Å²) in [6, 6.07) is 12.5. The van der Waals surface area contributed by atoms with E-state index in [1.54, 1.807) is 31.2 Å². The molecule has 4 rings (SSSR count). The van der Waals surface area contributed by atoms with Crippen molar-refractivity contribution < 1.29 is 32.2 Å². The van der Waals surface area contributed by atoms with Crippen LogP contribution in [0.4, 0.5) is 5.69 Å². The van der Waals surface area contributed by atoms with Crippen LogP contribution in [0.15, 0.2) is 59.5 Å². The zero-order chi connectivity index (χ0) is 33.6. The Balaban J connectivity index is 1.78. The number of nitrogens with one attached hydrogen (secondary N) is 1. The van der Waals surface area contributed by atoms with E-state index >= 15 is 0 Å². The monoisotopic (exact) mass is 711 g/mol. The second kappa shape index (κ2) is 15.5. The van der Waals surface area contributed by atoms with Crippen LogP contribution in [0, 0.1) is 0 Å². The fourth-order valence-corrected chi connectivity index (χ4v) is 7.20. The molecule has 0 bridgehead atoms. The molecule has 0 unspecified atom stereocenters. The highest BCUT2D eigenvalue weighted by Gasteiger charge is 2.35. The molecule has 46 heavy (non-hydrogen) atoms. The quantitative estimate of drug-likeness (QED) is 0.220. The van der Waals surface area contributed by atoms with Crippen LogP contribution in [-0.2, 0) is 26.2 Å². The molecule has 1 N–H and O–H groups in total. The van der Waals surface area contributed by atoms with Crippen molar-refractivity contribution in [2.45, 2.75) is 56.1 Å². The smallest absolute Gasteiger partial charge is 0.265 e. The molecular weight excluding hydrogens is 677 g/mol. The third kappa shape index (κ3) is 8.12. The number of methoxy groups -OCH3 is 3. The van der Waals surface area contributed by atoms with E-state index in [0.29, 0.717) is 16.3 Å². The number of hydrogen-bond acceptors (Lipinski definition) is 7. The van der Waals surface area contributed by atoms with Gasteiger partial charge in [-0.2, -0.15) is 0 Å². The molecule has 3 aromatic rings. The SMILES string of the molecule is COc1ccc(S(=O)(=O)N(CC(=O)N(Cc2ccc(Cl)c(Cl)c2)[C@@H](C)C(=O)NC2CCCC2)c2cc(Cl)ccc2OC)cc1OC. The fraction of sp³-hybridized carbons (Fsp3) is 0.375. The van der Waals surface area contributed by atoms with E-state index in [9.17, 15) is 18.0 Å². The van der Waals surface area contributed by atoms with E-state index in [4.69, 9.17) is 49.0 Å². The van der Waals surface area contributed by atoms with Gasteiger partial charge < -0.3 is 24.4 Å². The lowest BCUT2D eigenvalue weighted by Crippen LogP contribution is -2.52.